The maximum atomic E-state index is 12.1. The van der Waals surface area contributed by atoms with Gasteiger partial charge in [0.05, 0.1) is 11.6 Å². The van der Waals surface area contributed by atoms with Crippen molar-refractivity contribution in [3.8, 4) is 0 Å². The molecule has 1 aliphatic rings. The van der Waals surface area contributed by atoms with Crippen LogP contribution < -0.4 is 21.9 Å². The molecule has 0 bridgehead atoms. The number of benzene rings is 1. The number of carbonyl (C=O) groups is 1. The molecule has 21 heavy (non-hydrogen) atoms. The molecule has 2 amide bonds. The molecule has 0 unspecified atom stereocenters. The van der Waals surface area contributed by atoms with Gasteiger partial charge in [0.25, 0.3) is 5.56 Å². The third kappa shape index (κ3) is 2.21. The zero-order chi connectivity index (χ0) is 15.1. The van der Waals surface area contributed by atoms with Crippen LogP contribution in [0.1, 0.15) is 17.2 Å². The summed E-state index contributed by atoms with van der Waals surface area (Å²) in [5.41, 5.74) is -0.157. The summed E-state index contributed by atoms with van der Waals surface area (Å²) in [6.45, 7) is 0. The Bertz CT molecular complexity index is 838. The molecule has 1 aromatic heterocycles. The highest BCUT2D eigenvalue weighted by atomic mass is 35.5. The second-order valence-electron chi connectivity index (χ2n) is 4.66. The number of nitrogens with zero attached hydrogens (tertiary/aromatic N) is 1. The predicted octanol–water partition coefficient (Wildman–Crippen LogP) is 0.951. The third-order valence-electron chi connectivity index (χ3n) is 3.36. The summed E-state index contributed by atoms with van der Waals surface area (Å²) in [6.07, 6.45) is 0. The standard InChI is InChI=1S/C13H11ClN4O3/c1-18-10-8(11(19)17-13(18)21)9(15-12(20)16-10)6-2-4-7(14)5-3-6/h2-5,9H,1H3,(H2,15,16,20)(H,17,19,21)/t9-/m1/s1. The van der Waals surface area contributed by atoms with Crippen molar-refractivity contribution in [3.63, 3.8) is 0 Å². The fourth-order valence-electron chi connectivity index (χ4n) is 2.31. The van der Waals surface area contributed by atoms with Gasteiger partial charge in [-0.1, -0.05) is 23.7 Å². The molecular formula is C13H11ClN4O3. The number of carbonyl (C=O) groups excluding carboxylic acids is 1. The van der Waals surface area contributed by atoms with Crippen molar-refractivity contribution in [2.75, 3.05) is 5.32 Å². The first kappa shape index (κ1) is 13.4. The van der Waals surface area contributed by atoms with Crippen molar-refractivity contribution in [2.24, 2.45) is 7.05 Å². The van der Waals surface area contributed by atoms with E-state index < -0.39 is 23.3 Å². The lowest BCUT2D eigenvalue weighted by atomic mass is 9.99. The van der Waals surface area contributed by atoms with E-state index in [1.54, 1.807) is 24.3 Å². The first-order valence-electron chi connectivity index (χ1n) is 6.13. The molecule has 0 spiro atoms. The molecule has 3 N–H and O–H groups in total. The summed E-state index contributed by atoms with van der Waals surface area (Å²) < 4.78 is 1.19. The van der Waals surface area contributed by atoms with Gasteiger partial charge in [-0.15, -0.1) is 0 Å². The molecule has 1 aliphatic heterocycles. The molecule has 1 aromatic carbocycles. The number of hydrogen-bond donors (Lipinski definition) is 3. The molecule has 8 heteroatoms. The molecular weight excluding hydrogens is 296 g/mol. The van der Waals surface area contributed by atoms with E-state index in [9.17, 15) is 14.4 Å². The van der Waals surface area contributed by atoms with Gasteiger partial charge in [0, 0.05) is 12.1 Å². The van der Waals surface area contributed by atoms with Crippen LogP contribution in [0, 0.1) is 0 Å². The van der Waals surface area contributed by atoms with E-state index in [4.69, 9.17) is 11.6 Å². The van der Waals surface area contributed by atoms with Crippen LogP contribution in [0.15, 0.2) is 33.9 Å². The molecule has 0 saturated heterocycles. The average Bonchev–Trinajstić information content (AvgIpc) is 2.44. The number of H-pyrrole nitrogens is 1. The fraction of sp³-hybridized carbons (Fsp3) is 0.154. The minimum absolute atomic E-state index is 0.187. The predicted molar refractivity (Wildman–Crippen MR) is 77.8 cm³/mol. The monoisotopic (exact) mass is 306 g/mol. The molecule has 1 atom stereocenters. The molecule has 0 fully saturated rings. The average molecular weight is 307 g/mol. The van der Waals surface area contributed by atoms with Crippen LogP contribution in [0.25, 0.3) is 0 Å². The molecule has 108 valence electrons. The van der Waals surface area contributed by atoms with Crippen molar-refractivity contribution in [3.05, 3.63) is 61.3 Å². The van der Waals surface area contributed by atoms with Gasteiger partial charge in [-0.05, 0) is 17.7 Å². The number of fused-ring (bicyclic) bond motifs is 1. The quantitative estimate of drug-likeness (QED) is 0.732. The van der Waals surface area contributed by atoms with Gasteiger partial charge >= 0.3 is 11.7 Å². The lowest BCUT2D eigenvalue weighted by Crippen LogP contribution is -2.46. The number of nitrogens with one attached hydrogen (secondary N) is 3. The topological polar surface area (TPSA) is 96.0 Å². The first-order valence-corrected chi connectivity index (χ1v) is 6.51. The van der Waals surface area contributed by atoms with Gasteiger partial charge in [0.2, 0.25) is 0 Å². The van der Waals surface area contributed by atoms with Crippen LogP contribution in [0.2, 0.25) is 5.02 Å². The molecule has 0 aliphatic carbocycles. The van der Waals surface area contributed by atoms with Crippen LogP contribution in [0.5, 0.6) is 0 Å². The minimum atomic E-state index is -0.651. The Morgan fingerprint density at radius 2 is 1.81 bits per heavy atom. The highest BCUT2D eigenvalue weighted by molar-refractivity contribution is 6.30. The number of anilines is 1. The molecule has 3 rings (SSSR count). The molecule has 2 aromatic rings. The van der Waals surface area contributed by atoms with Crippen molar-refractivity contribution in [2.45, 2.75) is 6.04 Å². The first-order chi connectivity index (χ1) is 9.97. The van der Waals surface area contributed by atoms with E-state index >= 15 is 0 Å². The van der Waals surface area contributed by atoms with E-state index in [0.29, 0.717) is 10.6 Å². The Labute approximate surface area is 123 Å². The van der Waals surface area contributed by atoms with Crippen molar-refractivity contribution >= 4 is 23.4 Å². The summed E-state index contributed by atoms with van der Waals surface area (Å²) in [4.78, 5) is 37.7. The van der Waals surface area contributed by atoms with Crippen LogP contribution in [0.3, 0.4) is 0 Å². The lowest BCUT2D eigenvalue weighted by molar-refractivity contribution is 0.248. The Hall–Kier alpha value is -2.54. The van der Waals surface area contributed by atoms with Crippen LogP contribution in [-0.4, -0.2) is 15.6 Å². The second-order valence-corrected chi connectivity index (χ2v) is 5.10. The zero-order valence-electron chi connectivity index (χ0n) is 10.9. The van der Waals surface area contributed by atoms with Crippen LogP contribution in [-0.2, 0) is 7.05 Å². The minimum Gasteiger partial charge on any atom is -0.327 e. The Morgan fingerprint density at radius 3 is 2.48 bits per heavy atom. The van der Waals surface area contributed by atoms with Crippen molar-refractivity contribution < 1.29 is 4.79 Å². The molecule has 7 nitrogen and oxygen atoms in total. The molecule has 0 saturated carbocycles. The van der Waals surface area contributed by atoms with Crippen LogP contribution >= 0.6 is 11.6 Å². The van der Waals surface area contributed by atoms with E-state index in [1.807, 2.05) is 0 Å². The molecule has 0 radical (unpaired) electrons. The number of rotatable bonds is 1. The number of aromatic amines is 1. The second kappa shape index (κ2) is 4.78. The number of urea groups is 1. The lowest BCUT2D eigenvalue weighted by Gasteiger charge is -2.27. The van der Waals surface area contributed by atoms with Crippen molar-refractivity contribution in [1.29, 1.82) is 0 Å². The van der Waals surface area contributed by atoms with Crippen LogP contribution in [0.4, 0.5) is 10.6 Å². The highest BCUT2D eigenvalue weighted by Crippen LogP contribution is 2.28. The highest BCUT2D eigenvalue weighted by Gasteiger charge is 2.30. The number of aromatic nitrogens is 2. The largest absolute Gasteiger partial charge is 0.329 e. The van der Waals surface area contributed by atoms with E-state index in [1.165, 1.54) is 11.6 Å². The summed E-state index contributed by atoms with van der Waals surface area (Å²) in [5, 5.41) is 5.70. The number of amides is 2. The molecule has 2 heterocycles. The summed E-state index contributed by atoms with van der Waals surface area (Å²) >= 11 is 5.84. The van der Waals surface area contributed by atoms with Gasteiger partial charge in [0.15, 0.2) is 0 Å². The van der Waals surface area contributed by atoms with E-state index in [0.717, 1.165) is 0 Å². The van der Waals surface area contributed by atoms with Crippen molar-refractivity contribution in [1.82, 2.24) is 14.9 Å². The Balaban J connectivity index is 2.25. The normalized spacial score (nSPS) is 16.9. The van der Waals surface area contributed by atoms with Gasteiger partial charge < -0.3 is 5.32 Å². The third-order valence-corrected chi connectivity index (χ3v) is 3.61. The van der Waals surface area contributed by atoms with Gasteiger partial charge in [0.1, 0.15) is 5.82 Å². The smallest absolute Gasteiger partial charge is 0.327 e. The number of halogens is 1. The fourth-order valence-corrected chi connectivity index (χ4v) is 2.44. The summed E-state index contributed by atoms with van der Waals surface area (Å²) in [6, 6.07) is 5.63. The number of hydrogen-bond acceptors (Lipinski definition) is 3. The van der Waals surface area contributed by atoms with Gasteiger partial charge in [-0.2, -0.15) is 0 Å². The maximum absolute atomic E-state index is 12.1. The van der Waals surface area contributed by atoms with Gasteiger partial charge in [-0.3, -0.25) is 19.7 Å². The zero-order valence-corrected chi connectivity index (χ0v) is 11.7. The van der Waals surface area contributed by atoms with E-state index in [2.05, 4.69) is 15.6 Å². The van der Waals surface area contributed by atoms with Gasteiger partial charge in [-0.25, -0.2) is 9.59 Å². The maximum Gasteiger partial charge on any atom is 0.329 e. The van der Waals surface area contributed by atoms with E-state index in [-0.39, 0.29) is 11.4 Å². The SMILES string of the molecule is Cn1c2c(c(=O)[nH]c1=O)[C@@H](c1ccc(Cl)cc1)NC(=O)N2. The summed E-state index contributed by atoms with van der Waals surface area (Å²) in [7, 11) is 1.47. The Kier molecular flexibility index (Phi) is 3.06. The Morgan fingerprint density at radius 1 is 1.14 bits per heavy atom. The summed E-state index contributed by atoms with van der Waals surface area (Å²) in [5.74, 6) is 0.187.